The summed E-state index contributed by atoms with van der Waals surface area (Å²) in [5.74, 6) is 1.98. The van der Waals surface area contributed by atoms with Crippen molar-refractivity contribution >= 4 is 31.9 Å². The lowest BCUT2D eigenvalue weighted by molar-refractivity contribution is 0.304. The third kappa shape index (κ3) is 0.841. The average Bonchev–Trinajstić information content (AvgIpc) is 2.58. The van der Waals surface area contributed by atoms with Gasteiger partial charge < -0.3 is 0 Å². The van der Waals surface area contributed by atoms with Crippen molar-refractivity contribution < 1.29 is 0 Å². The van der Waals surface area contributed by atoms with Crippen molar-refractivity contribution in [2.45, 2.75) is 47.2 Å². The van der Waals surface area contributed by atoms with Crippen LogP contribution in [0.1, 0.15) is 38.5 Å². The van der Waals surface area contributed by atoms with E-state index in [1.165, 1.54) is 38.5 Å². The molecule has 0 radical (unpaired) electrons. The van der Waals surface area contributed by atoms with Crippen LogP contribution in [-0.2, 0) is 0 Å². The van der Waals surface area contributed by atoms with Crippen molar-refractivity contribution in [3.8, 4) is 0 Å². The minimum atomic E-state index is 0.539. The second kappa shape index (κ2) is 2.31. The van der Waals surface area contributed by atoms with Gasteiger partial charge in [0, 0.05) is 8.65 Å². The first-order valence-corrected chi connectivity index (χ1v) is 6.61. The highest BCUT2D eigenvalue weighted by Crippen LogP contribution is 2.69. The van der Waals surface area contributed by atoms with Gasteiger partial charge in [-0.25, -0.2) is 0 Å². The van der Waals surface area contributed by atoms with E-state index in [0.29, 0.717) is 8.65 Å². The van der Waals surface area contributed by atoms with Crippen LogP contribution >= 0.6 is 31.9 Å². The van der Waals surface area contributed by atoms with Gasteiger partial charge in [-0.05, 0) is 43.9 Å². The Morgan fingerprint density at radius 1 is 0.917 bits per heavy atom. The molecule has 3 aliphatic rings. The molecule has 3 aliphatic carbocycles. The first-order chi connectivity index (χ1) is 5.64. The molecule has 0 nitrogen and oxygen atoms in total. The molecule has 4 unspecified atom stereocenters. The quantitative estimate of drug-likeness (QED) is 0.595. The zero-order valence-electron chi connectivity index (χ0n) is 7.15. The number of halogens is 2. The van der Waals surface area contributed by atoms with Gasteiger partial charge in [0.25, 0.3) is 0 Å². The summed E-state index contributed by atoms with van der Waals surface area (Å²) >= 11 is 8.00. The lowest BCUT2D eigenvalue weighted by atomic mass is 9.82. The lowest BCUT2D eigenvalue weighted by Gasteiger charge is -2.33. The molecule has 3 rings (SSSR count). The van der Waals surface area contributed by atoms with Crippen molar-refractivity contribution in [3.63, 3.8) is 0 Å². The van der Waals surface area contributed by atoms with Crippen LogP contribution in [0, 0.1) is 11.8 Å². The van der Waals surface area contributed by atoms with Crippen LogP contribution in [-0.4, -0.2) is 8.65 Å². The van der Waals surface area contributed by atoms with Crippen LogP contribution < -0.4 is 0 Å². The van der Waals surface area contributed by atoms with E-state index >= 15 is 0 Å². The maximum atomic E-state index is 4.00. The fourth-order valence-corrected chi connectivity index (χ4v) is 6.78. The number of alkyl halides is 2. The van der Waals surface area contributed by atoms with Gasteiger partial charge in [-0.1, -0.05) is 38.3 Å². The van der Waals surface area contributed by atoms with Gasteiger partial charge in [0.2, 0.25) is 0 Å². The first kappa shape index (κ1) is 8.28. The Hall–Kier alpha value is 0.960. The van der Waals surface area contributed by atoms with Crippen LogP contribution in [0.3, 0.4) is 0 Å². The predicted molar refractivity (Wildman–Crippen MR) is 58.0 cm³/mol. The number of rotatable bonds is 0. The van der Waals surface area contributed by atoms with Gasteiger partial charge in [-0.15, -0.1) is 0 Å². The molecule has 0 aromatic heterocycles. The highest BCUT2D eigenvalue weighted by molar-refractivity contribution is 9.10. The van der Waals surface area contributed by atoms with E-state index < -0.39 is 0 Å². The van der Waals surface area contributed by atoms with Crippen molar-refractivity contribution in [1.82, 2.24) is 0 Å². The Morgan fingerprint density at radius 2 is 1.42 bits per heavy atom. The Balaban J connectivity index is 2.03. The van der Waals surface area contributed by atoms with Gasteiger partial charge in [-0.3, -0.25) is 0 Å². The van der Waals surface area contributed by atoms with Gasteiger partial charge >= 0.3 is 0 Å². The predicted octanol–water partition coefficient (Wildman–Crippen LogP) is 3.87. The minimum absolute atomic E-state index is 0.539. The normalized spacial score (nSPS) is 62.5. The average molecular weight is 294 g/mol. The minimum Gasteiger partial charge on any atom is -0.0850 e. The van der Waals surface area contributed by atoms with E-state index in [1.54, 1.807) is 0 Å². The molecule has 0 aromatic rings. The zero-order chi connectivity index (χ0) is 8.40. The van der Waals surface area contributed by atoms with E-state index in [4.69, 9.17) is 0 Å². The molecular formula is C10H14Br2. The molecule has 0 saturated heterocycles. The highest BCUT2D eigenvalue weighted by atomic mass is 79.9. The largest absolute Gasteiger partial charge is 0.0850 e. The standard InChI is InChI=1S/C10H14Br2/c11-9-4-5-10(12,6-9)8-3-1-2-7(8)9/h7-8H,1-6H2. The lowest BCUT2D eigenvalue weighted by Crippen LogP contribution is -2.31. The molecule has 0 N–H and O–H groups in total. The maximum Gasteiger partial charge on any atom is 0.0303 e. The smallest absolute Gasteiger partial charge is 0.0303 e. The van der Waals surface area contributed by atoms with E-state index in [9.17, 15) is 0 Å². The first-order valence-electron chi connectivity index (χ1n) is 5.02. The fourth-order valence-electron chi connectivity index (χ4n) is 3.91. The Bertz CT molecular complexity index is 206. The van der Waals surface area contributed by atoms with Gasteiger partial charge in [0.15, 0.2) is 0 Å². The molecule has 4 atom stereocenters. The molecule has 3 saturated carbocycles. The third-order valence-electron chi connectivity index (χ3n) is 4.39. The molecule has 0 heterocycles. The molecule has 2 bridgehead atoms. The molecule has 0 spiro atoms. The summed E-state index contributed by atoms with van der Waals surface area (Å²) in [4.78, 5) is 0. The summed E-state index contributed by atoms with van der Waals surface area (Å²) < 4.78 is 1.08. The van der Waals surface area contributed by atoms with Crippen LogP contribution in [0.15, 0.2) is 0 Å². The summed E-state index contributed by atoms with van der Waals surface area (Å²) in [5, 5.41) is 0. The van der Waals surface area contributed by atoms with Crippen LogP contribution in [0.4, 0.5) is 0 Å². The SMILES string of the molecule is BrC12CCC(Br)(C1)C1CCCC12. The second-order valence-electron chi connectivity index (χ2n) is 4.89. The summed E-state index contributed by atoms with van der Waals surface area (Å²) in [6.07, 6.45) is 8.61. The zero-order valence-corrected chi connectivity index (χ0v) is 10.3. The number of fused-ring (bicyclic) bond motifs is 5. The Labute approximate surface area is 90.7 Å². The number of hydrogen-bond acceptors (Lipinski definition) is 0. The highest BCUT2D eigenvalue weighted by Gasteiger charge is 2.64. The van der Waals surface area contributed by atoms with Gasteiger partial charge in [0.05, 0.1) is 0 Å². The van der Waals surface area contributed by atoms with Crippen LogP contribution in [0.5, 0.6) is 0 Å². The van der Waals surface area contributed by atoms with E-state index in [2.05, 4.69) is 31.9 Å². The van der Waals surface area contributed by atoms with Crippen molar-refractivity contribution in [2.24, 2.45) is 11.8 Å². The molecule has 0 aliphatic heterocycles. The topological polar surface area (TPSA) is 0 Å². The van der Waals surface area contributed by atoms with Crippen molar-refractivity contribution in [3.05, 3.63) is 0 Å². The van der Waals surface area contributed by atoms with Crippen LogP contribution in [0.2, 0.25) is 0 Å². The molecule has 12 heavy (non-hydrogen) atoms. The van der Waals surface area contributed by atoms with E-state index in [0.717, 1.165) is 11.8 Å². The van der Waals surface area contributed by atoms with Gasteiger partial charge in [0.1, 0.15) is 0 Å². The van der Waals surface area contributed by atoms with E-state index in [1.807, 2.05) is 0 Å². The van der Waals surface area contributed by atoms with Crippen LogP contribution in [0.25, 0.3) is 0 Å². The summed E-state index contributed by atoms with van der Waals surface area (Å²) in [6, 6.07) is 0. The fraction of sp³-hybridized carbons (Fsp3) is 1.00. The molecule has 68 valence electrons. The van der Waals surface area contributed by atoms with Crippen molar-refractivity contribution in [2.75, 3.05) is 0 Å². The Morgan fingerprint density at radius 3 is 1.92 bits per heavy atom. The molecular weight excluding hydrogens is 280 g/mol. The van der Waals surface area contributed by atoms with Crippen molar-refractivity contribution in [1.29, 1.82) is 0 Å². The Kier molecular flexibility index (Phi) is 1.59. The molecule has 0 aromatic carbocycles. The summed E-state index contributed by atoms with van der Waals surface area (Å²) in [5.41, 5.74) is 0. The monoisotopic (exact) mass is 292 g/mol. The molecule has 0 amide bonds. The van der Waals surface area contributed by atoms with Gasteiger partial charge in [-0.2, -0.15) is 0 Å². The maximum absolute atomic E-state index is 4.00. The summed E-state index contributed by atoms with van der Waals surface area (Å²) in [7, 11) is 0. The number of hydrogen-bond donors (Lipinski definition) is 0. The molecule has 3 fully saturated rings. The van der Waals surface area contributed by atoms with E-state index in [-0.39, 0.29) is 0 Å². The summed E-state index contributed by atoms with van der Waals surface area (Å²) in [6.45, 7) is 0. The third-order valence-corrected chi connectivity index (χ3v) is 6.92. The second-order valence-corrected chi connectivity index (χ2v) is 8.05. The molecule has 2 heteroatoms.